The smallest absolute Gasteiger partial charge is 0.226 e. The van der Waals surface area contributed by atoms with Crippen LogP contribution in [0.3, 0.4) is 0 Å². The number of nitrogens with one attached hydrogen (secondary N) is 1. The molecule has 2 amide bonds. The fourth-order valence-corrected chi connectivity index (χ4v) is 7.34. The number of amides is 2. The van der Waals surface area contributed by atoms with Crippen molar-refractivity contribution in [1.82, 2.24) is 9.88 Å². The topological polar surface area (TPSA) is 82.5 Å². The molecule has 3 rings (SSSR count). The summed E-state index contributed by atoms with van der Waals surface area (Å²) in [6.07, 6.45) is 4.26. The normalized spacial score (nSPS) is 30.1. The minimum atomic E-state index is -0.566. The van der Waals surface area contributed by atoms with E-state index in [1.807, 2.05) is 27.7 Å². The number of aromatic nitrogens is 1. The predicted molar refractivity (Wildman–Crippen MR) is 134 cm³/mol. The van der Waals surface area contributed by atoms with Gasteiger partial charge in [-0.15, -0.1) is 17.9 Å². The van der Waals surface area contributed by atoms with Gasteiger partial charge in [-0.2, -0.15) is 0 Å². The Morgan fingerprint density at radius 2 is 2.09 bits per heavy atom. The Morgan fingerprint density at radius 1 is 1.42 bits per heavy atom. The predicted octanol–water partition coefficient (Wildman–Crippen LogP) is 4.85. The Balaban J connectivity index is 1.80. The molecule has 1 aromatic heterocycles. The van der Waals surface area contributed by atoms with Crippen molar-refractivity contribution in [2.24, 2.45) is 28.6 Å². The molecule has 0 unspecified atom stereocenters. The highest BCUT2D eigenvalue weighted by molar-refractivity contribution is 7.15. The van der Waals surface area contributed by atoms with E-state index in [9.17, 15) is 14.7 Å². The summed E-state index contributed by atoms with van der Waals surface area (Å²) >= 11 is 1.58. The van der Waals surface area contributed by atoms with Crippen LogP contribution in [0.15, 0.2) is 12.7 Å². The quantitative estimate of drug-likeness (QED) is 0.576. The average Bonchev–Trinajstić information content (AvgIpc) is 3.07. The van der Waals surface area contributed by atoms with Crippen molar-refractivity contribution in [2.75, 3.05) is 18.9 Å². The van der Waals surface area contributed by atoms with E-state index < -0.39 is 6.10 Å². The van der Waals surface area contributed by atoms with E-state index in [1.165, 1.54) is 4.88 Å². The first-order chi connectivity index (χ1) is 15.3. The van der Waals surface area contributed by atoms with Gasteiger partial charge in [0, 0.05) is 36.7 Å². The number of nitrogens with zero attached hydrogens (tertiary/aromatic N) is 2. The number of hydrogen-bond donors (Lipinski definition) is 2. The molecule has 33 heavy (non-hydrogen) atoms. The summed E-state index contributed by atoms with van der Waals surface area (Å²) < 4.78 is 0. The number of thiazole rings is 1. The first-order valence-corrected chi connectivity index (χ1v) is 12.9. The third-order valence-electron chi connectivity index (χ3n) is 7.67. The highest BCUT2D eigenvalue weighted by Gasteiger charge is 2.54. The number of anilines is 1. The number of aliphatic hydroxyl groups excluding tert-OH is 1. The van der Waals surface area contributed by atoms with Crippen LogP contribution in [0.2, 0.25) is 0 Å². The number of aliphatic hydroxyl groups is 1. The van der Waals surface area contributed by atoms with Gasteiger partial charge < -0.3 is 15.3 Å². The van der Waals surface area contributed by atoms with Gasteiger partial charge in [0.1, 0.15) is 0 Å². The minimum absolute atomic E-state index is 0.0130. The number of carbonyl (C=O) groups excluding carboxylic acids is 2. The first kappa shape index (κ1) is 25.9. The molecule has 0 spiro atoms. The van der Waals surface area contributed by atoms with Crippen molar-refractivity contribution in [3.63, 3.8) is 0 Å². The van der Waals surface area contributed by atoms with Gasteiger partial charge in [-0.1, -0.05) is 47.6 Å². The zero-order valence-corrected chi connectivity index (χ0v) is 22.1. The van der Waals surface area contributed by atoms with E-state index in [0.29, 0.717) is 18.1 Å². The first-order valence-electron chi connectivity index (χ1n) is 12.1. The Kier molecular flexibility index (Phi) is 7.45. The molecule has 1 fully saturated rings. The average molecular weight is 476 g/mol. The minimum Gasteiger partial charge on any atom is -0.392 e. The molecule has 6 nitrogen and oxygen atoms in total. The monoisotopic (exact) mass is 475 g/mol. The van der Waals surface area contributed by atoms with Crippen molar-refractivity contribution in [3.05, 3.63) is 23.2 Å². The van der Waals surface area contributed by atoms with E-state index in [1.54, 1.807) is 29.4 Å². The van der Waals surface area contributed by atoms with Crippen molar-refractivity contribution < 1.29 is 14.7 Å². The SMILES string of the molecule is C=CCN(C)C(=O)[C@@H](C)[C@H]1CC[C@]2(C)Cc3sc(NC(=O)CC(C)(C)C)nc3[C@H](C)[C@@H]2[C@H]1O. The molecule has 184 valence electrons. The van der Waals surface area contributed by atoms with Crippen LogP contribution in [0.5, 0.6) is 0 Å². The molecular weight excluding hydrogens is 434 g/mol. The van der Waals surface area contributed by atoms with Gasteiger partial charge in [0.2, 0.25) is 11.8 Å². The lowest BCUT2D eigenvalue weighted by Crippen LogP contribution is -2.53. The summed E-state index contributed by atoms with van der Waals surface area (Å²) in [6, 6.07) is 0. The van der Waals surface area contributed by atoms with Crippen LogP contribution in [0.4, 0.5) is 5.13 Å². The Morgan fingerprint density at radius 3 is 2.70 bits per heavy atom. The number of rotatable bonds is 6. The standard InChI is InChI=1S/C26H41N3O3S/c1-9-12-29(8)23(32)15(2)17-10-11-26(7)13-18-21(16(3)20(26)22(17)31)28-24(33-18)27-19(30)14-25(4,5)6/h9,15-17,20,22,31H,1,10-14H2,2-8H3,(H,27,28,30)/t15-,16+,17+,20+,22-,26+/m0/s1. The van der Waals surface area contributed by atoms with E-state index in [0.717, 1.165) is 25.0 Å². The molecule has 0 aliphatic heterocycles. The van der Waals surface area contributed by atoms with Gasteiger partial charge in [-0.05, 0) is 41.9 Å². The molecule has 2 N–H and O–H groups in total. The van der Waals surface area contributed by atoms with Crippen molar-refractivity contribution >= 4 is 28.3 Å². The molecule has 7 heteroatoms. The van der Waals surface area contributed by atoms with Crippen LogP contribution >= 0.6 is 11.3 Å². The molecule has 1 aromatic rings. The molecule has 0 saturated heterocycles. The van der Waals surface area contributed by atoms with Crippen molar-refractivity contribution in [2.45, 2.75) is 79.2 Å². The van der Waals surface area contributed by atoms with Crippen LogP contribution in [0.25, 0.3) is 0 Å². The maximum Gasteiger partial charge on any atom is 0.226 e. The number of carbonyl (C=O) groups is 2. The van der Waals surface area contributed by atoms with Crippen LogP contribution in [-0.4, -0.2) is 46.5 Å². The maximum atomic E-state index is 12.9. The second-order valence-corrected chi connectivity index (χ2v) is 12.8. The van der Waals surface area contributed by atoms with Crippen LogP contribution < -0.4 is 5.32 Å². The van der Waals surface area contributed by atoms with Gasteiger partial charge in [0.25, 0.3) is 0 Å². The molecule has 0 aromatic carbocycles. The van der Waals surface area contributed by atoms with E-state index in [-0.39, 0.29) is 46.3 Å². The van der Waals surface area contributed by atoms with Gasteiger partial charge in [0.05, 0.1) is 11.8 Å². The Hall–Kier alpha value is -1.73. The maximum absolute atomic E-state index is 12.9. The molecule has 0 bridgehead atoms. The lowest BCUT2D eigenvalue weighted by Gasteiger charge is -2.53. The lowest BCUT2D eigenvalue weighted by molar-refractivity contribution is -0.143. The largest absolute Gasteiger partial charge is 0.392 e. The fraction of sp³-hybridized carbons (Fsp3) is 0.731. The summed E-state index contributed by atoms with van der Waals surface area (Å²) in [7, 11) is 1.79. The van der Waals surface area contributed by atoms with Gasteiger partial charge >= 0.3 is 0 Å². The van der Waals surface area contributed by atoms with Gasteiger partial charge in [-0.3, -0.25) is 9.59 Å². The molecule has 1 heterocycles. The van der Waals surface area contributed by atoms with E-state index in [4.69, 9.17) is 4.98 Å². The second-order valence-electron chi connectivity index (χ2n) is 11.7. The zero-order valence-electron chi connectivity index (χ0n) is 21.3. The molecular formula is C26H41N3O3S. The molecule has 1 saturated carbocycles. The Labute approximate surface area is 202 Å². The highest BCUT2D eigenvalue weighted by Crippen LogP contribution is 2.57. The zero-order chi connectivity index (χ0) is 24.7. The third kappa shape index (κ3) is 5.35. The second kappa shape index (κ2) is 9.49. The summed E-state index contributed by atoms with van der Waals surface area (Å²) in [5, 5.41) is 15.2. The van der Waals surface area contributed by atoms with Gasteiger partial charge in [0.15, 0.2) is 5.13 Å². The molecule has 0 radical (unpaired) electrons. The van der Waals surface area contributed by atoms with Crippen LogP contribution in [0, 0.1) is 28.6 Å². The Bertz CT molecular complexity index is 905. The van der Waals surface area contributed by atoms with Crippen LogP contribution in [0.1, 0.15) is 77.3 Å². The number of hydrogen-bond acceptors (Lipinski definition) is 5. The fourth-order valence-electron chi connectivity index (χ4n) is 6.06. The van der Waals surface area contributed by atoms with Gasteiger partial charge in [-0.25, -0.2) is 4.98 Å². The summed E-state index contributed by atoms with van der Waals surface area (Å²) in [6.45, 7) is 16.7. The van der Waals surface area contributed by atoms with Crippen molar-refractivity contribution in [1.29, 1.82) is 0 Å². The molecule has 2 aliphatic rings. The van der Waals surface area contributed by atoms with Crippen molar-refractivity contribution in [3.8, 4) is 0 Å². The number of fused-ring (bicyclic) bond motifs is 2. The van der Waals surface area contributed by atoms with E-state index >= 15 is 0 Å². The summed E-state index contributed by atoms with van der Waals surface area (Å²) in [5.41, 5.74) is 0.872. The van der Waals surface area contributed by atoms with E-state index in [2.05, 4.69) is 25.7 Å². The lowest BCUT2D eigenvalue weighted by atomic mass is 9.53. The molecule has 6 atom stereocenters. The summed E-state index contributed by atoms with van der Waals surface area (Å²) in [5.74, 6) is -0.175. The molecule has 2 aliphatic carbocycles. The van der Waals surface area contributed by atoms with Crippen LogP contribution in [-0.2, 0) is 16.0 Å². The summed E-state index contributed by atoms with van der Waals surface area (Å²) in [4.78, 5) is 33.1. The third-order valence-corrected chi connectivity index (χ3v) is 8.66. The number of likely N-dealkylation sites (N-methyl/N-ethyl adjacent to an activating group) is 1. The highest BCUT2D eigenvalue weighted by atomic mass is 32.1.